The highest BCUT2D eigenvalue weighted by Gasteiger charge is 2.33. The largest absolute Gasteiger partial charge is 0.460 e. The first-order valence-corrected chi connectivity index (χ1v) is 7.24. The average molecular weight is 315 g/mol. The molecule has 0 unspecified atom stereocenters. The van der Waals surface area contributed by atoms with Crippen molar-refractivity contribution in [3.8, 4) is 0 Å². The van der Waals surface area contributed by atoms with Crippen LogP contribution in [0.1, 0.15) is 38.7 Å². The Labute approximate surface area is 127 Å². The fourth-order valence-corrected chi connectivity index (χ4v) is 2.73. The van der Waals surface area contributed by atoms with Gasteiger partial charge in [0.05, 0.1) is 6.42 Å². The molecule has 0 spiro atoms. The molecule has 1 aromatic carbocycles. The third-order valence-corrected chi connectivity index (χ3v) is 3.63. The standard InChI is InChI=1S/C16H20F3NO2/c1-16(2,3)22-15(21)4-9-7-20-8-11(9)10-5-13(18)14(19)6-12(10)17/h5-6,9,11,20H,4,7-8H2,1-3H3/t9-,11-/m0/s1. The Bertz CT molecular complexity index is 569. The molecule has 0 saturated carbocycles. The summed E-state index contributed by atoms with van der Waals surface area (Å²) in [7, 11) is 0. The van der Waals surface area contributed by atoms with Crippen molar-refractivity contribution in [2.45, 2.75) is 38.7 Å². The van der Waals surface area contributed by atoms with Crippen molar-refractivity contribution in [3.63, 3.8) is 0 Å². The van der Waals surface area contributed by atoms with Gasteiger partial charge in [-0.25, -0.2) is 13.2 Å². The van der Waals surface area contributed by atoms with E-state index in [1.165, 1.54) is 0 Å². The molecule has 0 aliphatic carbocycles. The van der Waals surface area contributed by atoms with E-state index in [4.69, 9.17) is 4.74 Å². The maximum Gasteiger partial charge on any atom is 0.306 e. The number of hydrogen-bond donors (Lipinski definition) is 1. The Morgan fingerprint density at radius 3 is 2.45 bits per heavy atom. The summed E-state index contributed by atoms with van der Waals surface area (Å²) in [6, 6.07) is 1.43. The molecule has 1 aliphatic heterocycles. The Morgan fingerprint density at radius 2 is 1.82 bits per heavy atom. The quantitative estimate of drug-likeness (QED) is 0.688. The summed E-state index contributed by atoms with van der Waals surface area (Å²) in [6.07, 6.45) is 0.105. The summed E-state index contributed by atoms with van der Waals surface area (Å²) >= 11 is 0. The number of carbonyl (C=O) groups is 1. The van der Waals surface area contributed by atoms with Crippen LogP contribution < -0.4 is 5.32 Å². The highest BCUT2D eigenvalue weighted by molar-refractivity contribution is 5.70. The third-order valence-electron chi connectivity index (χ3n) is 3.63. The number of nitrogens with one attached hydrogen (secondary N) is 1. The lowest BCUT2D eigenvalue weighted by Gasteiger charge is -2.23. The molecule has 1 N–H and O–H groups in total. The predicted octanol–water partition coefficient (Wildman–Crippen LogP) is 3.14. The van der Waals surface area contributed by atoms with Crippen molar-refractivity contribution >= 4 is 5.97 Å². The fraction of sp³-hybridized carbons (Fsp3) is 0.562. The molecule has 1 heterocycles. The topological polar surface area (TPSA) is 38.3 Å². The van der Waals surface area contributed by atoms with Crippen LogP contribution >= 0.6 is 0 Å². The van der Waals surface area contributed by atoms with Crippen molar-refractivity contribution < 1.29 is 22.7 Å². The Hall–Kier alpha value is -1.56. The average Bonchev–Trinajstić information content (AvgIpc) is 2.79. The number of esters is 1. The van der Waals surface area contributed by atoms with Gasteiger partial charge in [0.15, 0.2) is 11.6 Å². The number of rotatable bonds is 3. The lowest BCUT2D eigenvalue weighted by Crippen LogP contribution is -2.26. The van der Waals surface area contributed by atoms with Gasteiger partial charge in [-0.15, -0.1) is 0 Å². The minimum Gasteiger partial charge on any atom is -0.460 e. The first kappa shape index (κ1) is 16.8. The second kappa shape index (κ2) is 6.28. The van der Waals surface area contributed by atoms with Crippen LogP contribution in [-0.4, -0.2) is 24.7 Å². The molecule has 0 radical (unpaired) electrons. The molecule has 3 nitrogen and oxygen atoms in total. The second-order valence-corrected chi connectivity index (χ2v) is 6.60. The van der Waals surface area contributed by atoms with Gasteiger partial charge in [-0.2, -0.15) is 0 Å². The zero-order valence-corrected chi connectivity index (χ0v) is 12.9. The van der Waals surface area contributed by atoms with Crippen LogP contribution in [0.2, 0.25) is 0 Å². The molecule has 1 fully saturated rings. The zero-order valence-electron chi connectivity index (χ0n) is 12.9. The molecule has 1 saturated heterocycles. The second-order valence-electron chi connectivity index (χ2n) is 6.60. The number of carbonyl (C=O) groups excluding carboxylic acids is 1. The summed E-state index contributed by atoms with van der Waals surface area (Å²) in [4.78, 5) is 11.9. The lowest BCUT2D eigenvalue weighted by atomic mass is 9.86. The monoisotopic (exact) mass is 315 g/mol. The van der Waals surface area contributed by atoms with Gasteiger partial charge in [0.25, 0.3) is 0 Å². The van der Waals surface area contributed by atoms with Crippen LogP contribution in [0, 0.1) is 23.4 Å². The molecule has 2 atom stereocenters. The van der Waals surface area contributed by atoms with E-state index in [1.54, 1.807) is 20.8 Å². The molecular weight excluding hydrogens is 295 g/mol. The number of hydrogen-bond acceptors (Lipinski definition) is 3. The van der Waals surface area contributed by atoms with E-state index in [-0.39, 0.29) is 29.8 Å². The highest BCUT2D eigenvalue weighted by Crippen LogP contribution is 2.33. The Balaban J connectivity index is 2.14. The van der Waals surface area contributed by atoms with Crippen LogP contribution in [0.3, 0.4) is 0 Å². The van der Waals surface area contributed by atoms with Crippen LogP contribution in [0.4, 0.5) is 13.2 Å². The highest BCUT2D eigenvalue weighted by atomic mass is 19.2. The van der Waals surface area contributed by atoms with Gasteiger partial charge in [-0.05, 0) is 44.9 Å². The predicted molar refractivity (Wildman–Crippen MR) is 75.9 cm³/mol. The normalized spacial score (nSPS) is 21.9. The van der Waals surface area contributed by atoms with Gasteiger partial charge in [0.1, 0.15) is 11.4 Å². The van der Waals surface area contributed by atoms with Gasteiger partial charge in [0.2, 0.25) is 0 Å². The molecule has 6 heteroatoms. The SMILES string of the molecule is CC(C)(C)OC(=O)C[C@H]1CNC[C@@H]1c1cc(F)c(F)cc1F. The first-order chi connectivity index (χ1) is 10.2. The molecule has 122 valence electrons. The van der Waals surface area contributed by atoms with E-state index in [9.17, 15) is 18.0 Å². The summed E-state index contributed by atoms with van der Waals surface area (Å²) < 4.78 is 45.6. The van der Waals surface area contributed by atoms with Crippen LogP contribution in [0.25, 0.3) is 0 Å². The number of benzene rings is 1. The summed E-state index contributed by atoms with van der Waals surface area (Å²) in [5.41, 5.74) is -0.497. The van der Waals surface area contributed by atoms with Crippen molar-refractivity contribution in [2.24, 2.45) is 5.92 Å². The first-order valence-electron chi connectivity index (χ1n) is 7.24. The van der Waals surface area contributed by atoms with Crippen LogP contribution in [0.15, 0.2) is 12.1 Å². The number of halogens is 3. The maximum atomic E-state index is 13.9. The molecule has 22 heavy (non-hydrogen) atoms. The van der Waals surface area contributed by atoms with Gasteiger partial charge in [-0.3, -0.25) is 4.79 Å². The van der Waals surface area contributed by atoms with E-state index in [0.717, 1.165) is 6.07 Å². The molecule has 0 bridgehead atoms. The lowest BCUT2D eigenvalue weighted by molar-refractivity contribution is -0.155. The molecule has 1 aliphatic rings. The summed E-state index contributed by atoms with van der Waals surface area (Å²) in [6.45, 7) is 6.22. The zero-order chi connectivity index (χ0) is 16.5. The Kier molecular flexibility index (Phi) is 4.80. The van der Waals surface area contributed by atoms with E-state index in [0.29, 0.717) is 19.2 Å². The smallest absolute Gasteiger partial charge is 0.306 e. The van der Waals surface area contributed by atoms with Gasteiger partial charge in [-0.1, -0.05) is 0 Å². The van der Waals surface area contributed by atoms with Crippen molar-refractivity contribution in [2.75, 3.05) is 13.1 Å². The van der Waals surface area contributed by atoms with Crippen molar-refractivity contribution in [1.82, 2.24) is 5.32 Å². The maximum absolute atomic E-state index is 13.9. The molecule has 2 rings (SSSR count). The van der Waals surface area contributed by atoms with E-state index >= 15 is 0 Å². The van der Waals surface area contributed by atoms with E-state index < -0.39 is 23.1 Å². The van der Waals surface area contributed by atoms with Crippen LogP contribution in [-0.2, 0) is 9.53 Å². The molecule has 0 aromatic heterocycles. The number of ether oxygens (including phenoxy) is 1. The van der Waals surface area contributed by atoms with Gasteiger partial charge < -0.3 is 10.1 Å². The van der Waals surface area contributed by atoms with Crippen molar-refractivity contribution in [3.05, 3.63) is 35.1 Å². The van der Waals surface area contributed by atoms with Crippen LogP contribution in [0.5, 0.6) is 0 Å². The summed E-state index contributed by atoms with van der Waals surface area (Å²) in [5, 5.41) is 3.06. The fourth-order valence-electron chi connectivity index (χ4n) is 2.73. The van der Waals surface area contributed by atoms with Gasteiger partial charge >= 0.3 is 5.97 Å². The molecule has 1 aromatic rings. The molecular formula is C16H20F3NO2. The van der Waals surface area contributed by atoms with Gasteiger partial charge in [0, 0.05) is 18.5 Å². The minimum atomic E-state index is -1.21. The molecule has 0 amide bonds. The Morgan fingerprint density at radius 1 is 1.18 bits per heavy atom. The minimum absolute atomic E-state index is 0.0949. The van der Waals surface area contributed by atoms with Crippen molar-refractivity contribution in [1.29, 1.82) is 0 Å². The van der Waals surface area contributed by atoms with E-state index in [1.807, 2.05) is 0 Å². The third kappa shape index (κ3) is 4.00. The van der Waals surface area contributed by atoms with E-state index in [2.05, 4.69) is 5.32 Å². The summed E-state index contributed by atoms with van der Waals surface area (Å²) in [5.74, 6) is -4.07.